The van der Waals surface area contributed by atoms with E-state index in [1.54, 1.807) is 0 Å². The van der Waals surface area contributed by atoms with E-state index in [2.05, 4.69) is 0 Å². The van der Waals surface area contributed by atoms with Crippen LogP contribution in [0.1, 0.15) is 37.3 Å². The van der Waals surface area contributed by atoms with Gasteiger partial charge in [0.2, 0.25) is 0 Å². The molecule has 82 valence electrons. The second-order valence-electron chi connectivity index (χ2n) is 4.64. The Balaban J connectivity index is 2.48. The van der Waals surface area contributed by atoms with Gasteiger partial charge in [-0.3, -0.25) is 0 Å². The third-order valence-corrected chi connectivity index (χ3v) is 3.71. The monoisotopic (exact) mass is 210 g/mol. The summed E-state index contributed by atoms with van der Waals surface area (Å²) in [7, 11) is 0. The van der Waals surface area contributed by atoms with Crippen LogP contribution in [-0.2, 0) is 5.41 Å². The Morgan fingerprint density at radius 2 is 1.80 bits per heavy atom. The fourth-order valence-corrected chi connectivity index (χ4v) is 2.58. The number of hydrogen-bond donors (Lipinski definition) is 0. The average molecular weight is 210 g/mol. The first-order valence-corrected chi connectivity index (χ1v) is 5.41. The lowest BCUT2D eigenvalue weighted by Crippen LogP contribution is -2.49. The third-order valence-electron chi connectivity index (χ3n) is 3.71. The van der Waals surface area contributed by atoms with E-state index in [9.17, 15) is 8.78 Å². The molecule has 0 unspecified atom stereocenters. The maximum Gasteiger partial charge on any atom is 0.254 e. The Morgan fingerprint density at radius 3 is 2.20 bits per heavy atom. The van der Waals surface area contributed by atoms with Crippen molar-refractivity contribution in [2.24, 2.45) is 0 Å². The number of benzene rings is 1. The number of rotatable bonds is 2. The second-order valence-corrected chi connectivity index (χ2v) is 4.64. The molecule has 1 aliphatic carbocycles. The molecule has 0 spiro atoms. The molecular weight excluding hydrogens is 194 g/mol. The molecule has 1 aliphatic rings. The van der Waals surface area contributed by atoms with Crippen molar-refractivity contribution in [2.45, 2.75) is 44.4 Å². The molecule has 15 heavy (non-hydrogen) atoms. The summed E-state index contributed by atoms with van der Waals surface area (Å²) in [6.45, 7) is 2.97. The lowest BCUT2D eigenvalue weighted by Gasteiger charge is -2.47. The topological polar surface area (TPSA) is 0 Å². The fourth-order valence-electron chi connectivity index (χ4n) is 2.58. The van der Waals surface area contributed by atoms with E-state index in [0.717, 1.165) is 24.5 Å². The van der Waals surface area contributed by atoms with Crippen molar-refractivity contribution in [1.29, 1.82) is 0 Å². The first-order valence-electron chi connectivity index (χ1n) is 5.41. The van der Waals surface area contributed by atoms with Crippen LogP contribution in [0.2, 0.25) is 0 Å². The van der Waals surface area contributed by atoms with Crippen LogP contribution in [0.4, 0.5) is 8.78 Å². The second kappa shape index (κ2) is 3.29. The molecule has 0 aromatic heterocycles. The highest BCUT2D eigenvalue weighted by Gasteiger charge is 2.55. The van der Waals surface area contributed by atoms with Crippen molar-refractivity contribution >= 4 is 0 Å². The minimum absolute atomic E-state index is 0.612. The van der Waals surface area contributed by atoms with Gasteiger partial charge in [0.1, 0.15) is 0 Å². The summed E-state index contributed by atoms with van der Waals surface area (Å²) in [6, 6.07) is 7.53. The van der Waals surface area contributed by atoms with E-state index >= 15 is 0 Å². The summed E-state index contributed by atoms with van der Waals surface area (Å²) >= 11 is 0. The van der Waals surface area contributed by atoms with Crippen LogP contribution in [0.3, 0.4) is 0 Å². The Bertz CT molecular complexity index is 359. The van der Waals surface area contributed by atoms with Gasteiger partial charge in [0.05, 0.1) is 5.41 Å². The zero-order valence-corrected chi connectivity index (χ0v) is 9.19. The molecule has 1 fully saturated rings. The molecule has 0 bridgehead atoms. The number of aryl methyl sites for hydroxylation is 1. The third kappa shape index (κ3) is 1.47. The Labute approximate surface area is 89.3 Å². The van der Waals surface area contributed by atoms with Gasteiger partial charge >= 0.3 is 0 Å². The fraction of sp³-hybridized carbons (Fsp3) is 0.538. The van der Waals surface area contributed by atoms with Crippen molar-refractivity contribution in [3.05, 3.63) is 35.4 Å². The van der Waals surface area contributed by atoms with Crippen molar-refractivity contribution in [3.8, 4) is 0 Å². The van der Waals surface area contributed by atoms with Crippen LogP contribution >= 0.6 is 0 Å². The van der Waals surface area contributed by atoms with Crippen LogP contribution in [0, 0.1) is 6.92 Å². The highest BCUT2D eigenvalue weighted by Crippen LogP contribution is 2.54. The van der Waals surface area contributed by atoms with Crippen molar-refractivity contribution in [2.75, 3.05) is 0 Å². The number of hydrogen-bond acceptors (Lipinski definition) is 0. The maximum atomic E-state index is 13.7. The molecule has 0 atom stereocenters. The Hall–Kier alpha value is -0.920. The van der Waals surface area contributed by atoms with Gasteiger partial charge in [0, 0.05) is 6.92 Å². The highest BCUT2D eigenvalue weighted by atomic mass is 19.3. The van der Waals surface area contributed by atoms with E-state index in [-0.39, 0.29) is 0 Å². The molecule has 0 nitrogen and oxygen atoms in total. The van der Waals surface area contributed by atoms with Crippen molar-refractivity contribution in [3.63, 3.8) is 0 Å². The quantitative estimate of drug-likeness (QED) is 0.690. The van der Waals surface area contributed by atoms with Crippen LogP contribution in [0.25, 0.3) is 0 Å². The van der Waals surface area contributed by atoms with E-state index in [1.807, 2.05) is 31.2 Å². The molecule has 2 heteroatoms. The largest absolute Gasteiger partial charge is 0.254 e. The molecule has 2 rings (SSSR count). The van der Waals surface area contributed by atoms with Gasteiger partial charge in [-0.15, -0.1) is 0 Å². The van der Waals surface area contributed by atoms with Gasteiger partial charge in [0.15, 0.2) is 0 Å². The van der Waals surface area contributed by atoms with Gasteiger partial charge in [-0.05, 0) is 30.9 Å². The first-order chi connectivity index (χ1) is 6.97. The molecule has 0 amide bonds. The van der Waals surface area contributed by atoms with Crippen LogP contribution in [-0.4, -0.2) is 5.92 Å². The summed E-state index contributed by atoms with van der Waals surface area (Å²) in [5.74, 6) is -2.61. The molecular formula is C13H16F2. The standard InChI is InChI=1S/C13H16F2/c1-10-6-3-4-7-11(10)13(8-5-9-13)12(2,14)15/h3-4,6-7H,5,8-9H2,1-2H3. The molecule has 0 saturated heterocycles. The zero-order chi connectivity index (χ0) is 11.1. The molecule has 0 radical (unpaired) electrons. The molecule has 1 aromatic carbocycles. The van der Waals surface area contributed by atoms with E-state index < -0.39 is 11.3 Å². The predicted molar refractivity (Wildman–Crippen MR) is 57.3 cm³/mol. The summed E-state index contributed by atoms with van der Waals surface area (Å²) in [5, 5.41) is 0. The van der Waals surface area contributed by atoms with E-state index in [4.69, 9.17) is 0 Å². The predicted octanol–water partition coefficient (Wildman–Crippen LogP) is 4.07. The van der Waals surface area contributed by atoms with Gasteiger partial charge in [-0.25, -0.2) is 8.78 Å². The van der Waals surface area contributed by atoms with E-state index in [1.165, 1.54) is 0 Å². The Kier molecular flexibility index (Phi) is 2.32. The lowest BCUT2D eigenvalue weighted by molar-refractivity contribution is -0.0972. The summed E-state index contributed by atoms with van der Waals surface area (Å²) < 4.78 is 27.4. The summed E-state index contributed by atoms with van der Waals surface area (Å²) in [5.41, 5.74) is 0.931. The van der Waals surface area contributed by atoms with Gasteiger partial charge < -0.3 is 0 Å². The first kappa shape index (κ1) is 10.6. The summed E-state index contributed by atoms with van der Waals surface area (Å²) in [6.07, 6.45) is 2.14. The molecule has 1 saturated carbocycles. The minimum Gasteiger partial charge on any atom is -0.206 e. The van der Waals surface area contributed by atoms with Crippen LogP contribution in [0.5, 0.6) is 0 Å². The normalized spacial score (nSPS) is 19.7. The number of halogens is 2. The van der Waals surface area contributed by atoms with Crippen molar-refractivity contribution in [1.82, 2.24) is 0 Å². The van der Waals surface area contributed by atoms with Crippen LogP contribution < -0.4 is 0 Å². The molecule has 0 heterocycles. The average Bonchev–Trinajstić information content (AvgIpc) is 2.03. The maximum absolute atomic E-state index is 13.7. The van der Waals surface area contributed by atoms with Crippen LogP contribution in [0.15, 0.2) is 24.3 Å². The number of alkyl halides is 2. The van der Waals surface area contributed by atoms with Gasteiger partial charge in [-0.1, -0.05) is 30.7 Å². The van der Waals surface area contributed by atoms with Crippen molar-refractivity contribution < 1.29 is 8.78 Å². The minimum atomic E-state index is -2.61. The Morgan fingerprint density at radius 1 is 1.20 bits per heavy atom. The molecule has 1 aromatic rings. The lowest BCUT2D eigenvalue weighted by atomic mass is 9.60. The smallest absolute Gasteiger partial charge is 0.206 e. The SMILES string of the molecule is Cc1ccccc1C1(C(C)(F)F)CCC1. The highest BCUT2D eigenvalue weighted by molar-refractivity contribution is 5.37. The molecule has 0 aliphatic heterocycles. The summed E-state index contributed by atoms with van der Waals surface area (Å²) in [4.78, 5) is 0. The van der Waals surface area contributed by atoms with Gasteiger partial charge in [-0.2, -0.15) is 0 Å². The molecule has 0 N–H and O–H groups in total. The van der Waals surface area contributed by atoms with E-state index in [0.29, 0.717) is 12.8 Å². The zero-order valence-electron chi connectivity index (χ0n) is 9.19. The van der Waals surface area contributed by atoms with Gasteiger partial charge in [0.25, 0.3) is 5.92 Å².